The lowest BCUT2D eigenvalue weighted by Gasteiger charge is -2.17. The van der Waals surface area contributed by atoms with Crippen LogP contribution in [0.5, 0.6) is 5.88 Å². The molecule has 0 atom stereocenters. The summed E-state index contributed by atoms with van der Waals surface area (Å²) >= 11 is 4.35. The van der Waals surface area contributed by atoms with Crippen LogP contribution in [-0.2, 0) is 11.5 Å². The number of hydrogen-bond acceptors (Lipinski definition) is 2. The minimum atomic E-state index is -5.23. The third-order valence-corrected chi connectivity index (χ3v) is 3.22. The highest BCUT2D eigenvalue weighted by atomic mass is 127. The minimum Gasteiger partial charge on any atom is -0.387 e. The van der Waals surface area contributed by atoms with Crippen LogP contribution in [0.2, 0.25) is 0 Å². The molecule has 0 bridgehead atoms. The highest BCUT2D eigenvalue weighted by Gasteiger charge is 2.42. The van der Waals surface area contributed by atoms with E-state index in [0.29, 0.717) is 0 Å². The molecular weight excluding hydrogens is 447 g/mol. The molecule has 102 valence electrons. The summed E-state index contributed by atoms with van der Waals surface area (Å²) in [5, 5.41) is -0.267. The molecule has 0 N–H and O–H groups in total. The number of alkyl halides is 7. The molecule has 1 rings (SSSR count). The smallest absolute Gasteiger partial charge is 0.387 e. The van der Waals surface area contributed by atoms with Crippen molar-refractivity contribution in [1.29, 1.82) is 0 Å². The first-order valence-corrected chi connectivity index (χ1v) is 6.32. The van der Waals surface area contributed by atoms with Crippen LogP contribution in [0.25, 0.3) is 0 Å². The highest BCUT2D eigenvalue weighted by molar-refractivity contribution is 14.1. The Kier molecular flexibility index (Phi) is 4.73. The molecule has 0 aliphatic carbocycles. The monoisotopic (exact) mass is 449 g/mol. The molecule has 0 saturated heterocycles. The van der Waals surface area contributed by atoms with Crippen molar-refractivity contribution in [3.05, 3.63) is 20.9 Å². The van der Waals surface area contributed by atoms with E-state index in [4.69, 9.17) is 0 Å². The van der Waals surface area contributed by atoms with Gasteiger partial charge in [-0.25, -0.2) is 4.98 Å². The molecule has 0 aliphatic rings. The van der Waals surface area contributed by atoms with E-state index in [0.717, 1.165) is 6.20 Å². The van der Waals surface area contributed by atoms with Crippen molar-refractivity contribution < 1.29 is 31.1 Å². The second kappa shape index (κ2) is 5.39. The van der Waals surface area contributed by atoms with Crippen molar-refractivity contribution in [3.8, 4) is 5.88 Å². The van der Waals surface area contributed by atoms with Crippen LogP contribution in [-0.4, -0.2) is 11.3 Å². The number of rotatable bonds is 2. The van der Waals surface area contributed by atoms with E-state index < -0.39 is 24.0 Å². The largest absolute Gasteiger partial charge is 0.574 e. The number of halogens is 8. The van der Waals surface area contributed by atoms with E-state index in [1.54, 1.807) is 22.6 Å². The first-order valence-electron chi connectivity index (χ1n) is 4.12. The van der Waals surface area contributed by atoms with Crippen LogP contribution < -0.4 is 4.74 Å². The summed E-state index contributed by atoms with van der Waals surface area (Å²) in [4.78, 5) is 3.05. The van der Waals surface area contributed by atoms with Crippen molar-refractivity contribution in [1.82, 2.24) is 4.98 Å². The maximum Gasteiger partial charge on any atom is 0.574 e. The molecular formula is C8H3BrF6INO. The van der Waals surface area contributed by atoms with Gasteiger partial charge in [0.25, 0.3) is 0 Å². The van der Waals surface area contributed by atoms with Crippen LogP contribution in [0, 0.1) is 3.57 Å². The zero-order chi connectivity index (χ0) is 14.1. The Bertz CT molecular complexity index is 446. The van der Waals surface area contributed by atoms with E-state index in [2.05, 4.69) is 25.7 Å². The van der Waals surface area contributed by atoms with Gasteiger partial charge in [-0.05, 0) is 28.2 Å². The number of aromatic nitrogens is 1. The summed E-state index contributed by atoms with van der Waals surface area (Å²) in [6.07, 6.45) is -9.34. The molecule has 1 aromatic rings. The normalized spacial score (nSPS) is 12.7. The molecule has 2 nitrogen and oxygen atoms in total. The van der Waals surface area contributed by atoms with Crippen molar-refractivity contribution in [2.45, 2.75) is 17.9 Å². The number of nitrogens with zero attached hydrogens (tertiary/aromatic N) is 1. The summed E-state index contributed by atoms with van der Waals surface area (Å²) in [5.74, 6) is -1.50. The third-order valence-electron chi connectivity index (χ3n) is 1.73. The second-order valence-corrected chi connectivity index (χ2v) is 4.67. The lowest BCUT2D eigenvalue weighted by Crippen LogP contribution is -2.22. The van der Waals surface area contributed by atoms with E-state index >= 15 is 0 Å². The quantitative estimate of drug-likeness (QED) is 0.377. The average Bonchev–Trinajstić information content (AvgIpc) is 2.16. The van der Waals surface area contributed by atoms with Gasteiger partial charge in [0.15, 0.2) is 0 Å². The summed E-state index contributed by atoms with van der Waals surface area (Å²) in [6.45, 7) is 0. The first kappa shape index (κ1) is 15.8. The zero-order valence-electron chi connectivity index (χ0n) is 8.16. The van der Waals surface area contributed by atoms with E-state index in [9.17, 15) is 26.3 Å². The molecule has 0 unspecified atom stereocenters. The standard InChI is InChI=1S/C8H3BrF6INO/c9-1-3-4(16)2-17-6(18-8(13,14)15)5(3)7(10,11)12/h2H,1H2. The predicted molar refractivity (Wildman–Crippen MR) is 61.3 cm³/mol. The van der Waals surface area contributed by atoms with Crippen LogP contribution in [0.3, 0.4) is 0 Å². The van der Waals surface area contributed by atoms with Gasteiger partial charge in [0.1, 0.15) is 5.56 Å². The molecule has 0 radical (unpaired) electrons. The van der Waals surface area contributed by atoms with E-state index in [-0.39, 0.29) is 14.5 Å². The van der Waals surface area contributed by atoms with Gasteiger partial charge in [-0.15, -0.1) is 13.2 Å². The van der Waals surface area contributed by atoms with Gasteiger partial charge >= 0.3 is 12.5 Å². The average molecular weight is 450 g/mol. The Hall–Kier alpha value is -0.260. The van der Waals surface area contributed by atoms with E-state index in [1.807, 2.05) is 0 Å². The third kappa shape index (κ3) is 3.87. The number of pyridine rings is 1. The molecule has 0 spiro atoms. The molecule has 0 saturated carbocycles. The van der Waals surface area contributed by atoms with Crippen molar-refractivity contribution in [2.24, 2.45) is 0 Å². The van der Waals surface area contributed by atoms with Gasteiger partial charge < -0.3 is 4.74 Å². The van der Waals surface area contributed by atoms with Crippen LogP contribution in [0.15, 0.2) is 6.20 Å². The Morgan fingerprint density at radius 2 is 1.78 bits per heavy atom. The number of hydrogen-bond donors (Lipinski definition) is 0. The summed E-state index contributed by atoms with van der Waals surface area (Å²) in [7, 11) is 0. The Balaban J connectivity index is 3.43. The highest BCUT2D eigenvalue weighted by Crippen LogP contribution is 2.41. The van der Waals surface area contributed by atoms with Crippen molar-refractivity contribution >= 4 is 38.5 Å². The minimum absolute atomic E-state index is 0.0892. The van der Waals surface area contributed by atoms with Gasteiger partial charge in [0.2, 0.25) is 5.88 Å². The second-order valence-electron chi connectivity index (χ2n) is 2.94. The molecule has 18 heavy (non-hydrogen) atoms. The Morgan fingerprint density at radius 3 is 2.17 bits per heavy atom. The van der Waals surface area contributed by atoms with Crippen LogP contribution >= 0.6 is 38.5 Å². The Labute approximate surface area is 119 Å². The van der Waals surface area contributed by atoms with Crippen molar-refractivity contribution in [3.63, 3.8) is 0 Å². The van der Waals surface area contributed by atoms with E-state index in [1.165, 1.54) is 0 Å². The van der Waals surface area contributed by atoms with Gasteiger partial charge in [0, 0.05) is 15.1 Å². The fourth-order valence-electron chi connectivity index (χ4n) is 1.12. The van der Waals surface area contributed by atoms with Gasteiger partial charge in [-0.3, -0.25) is 0 Å². The fraction of sp³-hybridized carbons (Fsp3) is 0.375. The van der Waals surface area contributed by atoms with Crippen LogP contribution in [0.4, 0.5) is 26.3 Å². The zero-order valence-corrected chi connectivity index (χ0v) is 11.9. The molecule has 10 heteroatoms. The lowest BCUT2D eigenvalue weighted by molar-refractivity contribution is -0.277. The molecule has 1 aromatic heterocycles. The van der Waals surface area contributed by atoms with Gasteiger partial charge in [0.05, 0.1) is 0 Å². The molecule has 0 aromatic carbocycles. The maximum absolute atomic E-state index is 12.7. The summed E-state index contributed by atoms with van der Waals surface area (Å²) < 4.78 is 77.6. The number of ether oxygens (including phenoxy) is 1. The molecule has 0 amide bonds. The summed E-state index contributed by atoms with van der Waals surface area (Å²) in [6, 6.07) is 0. The summed E-state index contributed by atoms with van der Waals surface area (Å²) in [5.41, 5.74) is -1.87. The molecule has 1 heterocycles. The van der Waals surface area contributed by atoms with Crippen molar-refractivity contribution in [2.75, 3.05) is 0 Å². The Morgan fingerprint density at radius 1 is 1.22 bits per heavy atom. The van der Waals surface area contributed by atoms with Gasteiger partial charge in [-0.1, -0.05) is 15.9 Å². The fourth-order valence-corrected chi connectivity index (χ4v) is 2.82. The van der Waals surface area contributed by atoms with Gasteiger partial charge in [-0.2, -0.15) is 13.2 Å². The van der Waals surface area contributed by atoms with Crippen LogP contribution in [0.1, 0.15) is 11.1 Å². The first-order chi connectivity index (χ1) is 8.06. The maximum atomic E-state index is 12.7. The molecule has 0 fully saturated rings. The lowest BCUT2D eigenvalue weighted by atomic mass is 10.1. The molecule has 0 aliphatic heterocycles. The topological polar surface area (TPSA) is 22.1 Å². The predicted octanol–water partition coefficient (Wildman–Crippen LogP) is 4.50. The SMILES string of the molecule is FC(F)(F)Oc1ncc(I)c(CBr)c1C(F)(F)F.